The van der Waals surface area contributed by atoms with Crippen LogP contribution in [0.1, 0.15) is 19.7 Å². The molecule has 5 heteroatoms. The fraction of sp³-hybridized carbons (Fsp3) is 0.429. The van der Waals surface area contributed by atoms with Crippen molar-refractivity contribution in [1.82, 2.24) is 14.9 Å². The number of imidazole rings is 1. The first-order valence-corrected chi connectivity index (χ1v) is 6.34. The Labute approximate surface area is 112 Å². The molecule has 1 aromatic carbocycles. The maximum Gasteiger partial charge on any atom is 0.240 e. The molecule has 19 heavy (non-hydrogen) atoms. The number of nitrogens with one attached hydrogen (secondary N) is 1. The van der Waals surface area contributed by atoms with Crippen LogP contribution in [0, 0.1) is 6.92 Å². The van der Waals surface area contributed by atoms with Crippen molar-refractivity contribution in [2.45, 2.75) is 32.9 Å². The number of amides is 1. The molecule has 5 nitrogen and oxygen atoms in total. The molecule has 0 atom stereocenters. The van der Waals surface area contributed by atoms with Crippen molar-refractivity contribution in [3.8, 4) is 0 Å². The predicted molar refractivity (Wildman–Crippen MR) is 75.7 cm³/mol. The molecular weight excluding hydrogens is 240 g/mol. The molecule has 0 saturated heterocycles. The number of hydrogen-bond donors (Lipinski definition) is 2. The van der Waals surface area contributed by atoms with Gasteiger partial charge in [-0.1, -0.05) is 12.1 Å². The average Bonchev–Trinajstić information content (AvgIpc) is 2.63. The smallest absolute Gasteiger partial charge is 0.240 e. The number of carbonyl (C=O) groups is 1. The first-order valence-electron chi connectivity index (χ1n) is 6.34. The van der Waals surface area contributed by atoms with Crippen LogP contribution in [0.4, 0.5) is 0 Å². The molecule has 2 aromatic rings. The topological polar surface area (TPSA) is 72.9 Å². The van der Waals surface area contributed by atoms with E-state index in [1.165, 1.54) is 0 Å². The Kier molecular flexibility index (Phi) is 3.57. The molecule has 3 N–H and O–H groups in total. The molecule has 1 aromatic heterocycles. The van der Waals surface area contributed by atoms with Gasteiger partial charge in [0.05, 0.1) is 11.0 Å². The summed E-state index contributed by atoms with van der Waals surface area (Å²) in [5.41, 5.74) is 7.33. The molecule has 0 radical (unpaired) electrons. The molecule has 102 valence electrons. The van der Waals surface area contributed by atoms with Crippen LogP contribution in [-0.2, 0) is 11.3 Å². The molecule has 1 amide bonds. The third-order valence-corrected chi connectivity index (χ3v) is 2.89. The van der Waals surface area contributed by atoms with Gasteiger partial charge in [0.2, 0.25) is 5.91 Å². The van der Waals surface area contributed by atoms with Crippen molar-refractivity contribution in [1.29, 1.82) is 0 Å². The predicted octanol–water partition coefficient (Wildman–Crippen LogP) is 1.20. The molecule has 2 rings (SSSR count). The van der Waals surface area contributed by atoms with Gasteiger partial charge in [-0.05, 0) is 32.9 Å². The molecule has 0 bridgehead atoms. The zero-order valence-electron chi connectivity index (χ0n) is 11.6. The second-order valence-electron chi connectivity index (χ2n) is 5.50. The quantitative estimate of drug-likeness (QED) is 0.867. The molecule has 1 heterocycles. The van der Waals surface area contributed by atoms with E-state index in [-0.39, 0.29) is 12.5 Å². The maximum atomic E-state index is 11.9. The second-order valence-corrected chi connectivity index (χ2v) is 5.50. The monoisotopic (exact) mass is 260 g/mol. The summed E-state index contributed by atoms with van der Waals surface area (Å²) in [5, 5.41) is 2.84. The van der Waals surface area contributed by atoms with Crippen LogP contribution in [0.15, 0.2) is 24.3 Å². The maximum absolute atomic E-state index is 11.9. The standard InChI is InChI=1S/C14H20N4O/c1-10-17-11-6-4-5-7-12(11)18(10)8-13(19)16-9-14(2,3)15/h4-7H,8-9,15H2,1-3H3,(H,16,19). The minimum atomic E-state index is -0.401. The summed E-state index contributed by atoms with van der Waals surface area (Å²) < 4.78 is 1.91. The van der Waals surface area contributed by atoms with E-state index in [1.54, 1.807) is 0 Å². The van der Waals surface area contributed by atoms with Crippen molar-refractivity contribution in [3.05, 3.63) is 30.1 Å². The van der Waals surface area contributed by atoms with Gasteiger partial charge in [0, 0.05) is 12.1 Å². The highest BCUT2D eigenvalue weighted by Crippen LogP contribution is 2.14. The summed E-state index contributed by atoms with van der Waals surface area (Å²) in [4.78, 5) is 16.4. The summed E-state index contributed by atoms with van der Waals surface area (Å²) in [7, 11) is 0. The number of fused-ring (bicyclic) bond motifs is 1. The number of para-hydroxylation sites is 2. The fourth-order valence-corrected chi connectivity index (χ4v) is 1.92. The minimum absolute atomic E-state index is 0.0511. The van der Waals surface area contributed by atoms with Crippen LogP contribution in [0.25, 0.3) is 11.0 Å². The number of carbonyl (C=O) groups excluding carboxylic acids is 1. The number of benzene rings is 1. The Balaban J connectivity index is 2.13. The van der Waals surface area contributed by atoms with Crippen LogP contribution < -0.4 is 11.1 Å². The first-order chi connectivity index (χ1) is 8.87. The Morgan fingerprint density at radius 2 is 2.11 bits per heavy atom. The van der Waals surface area contributed by atoms with Gasteiger partial charge in [-0.25, -0.2) is 4.98 Å². The summed E-state index contributed by atoms with van der Waals surface area (Å²) in [6.45, 7) is 6.39. The molecule has 0 saturated carbocycles. The molecule has 0 spiro atoms. The lowest BCUT2D eigenvalue weighted by molar-refractivity contribution is -0.121. The number of rotatable bonds is 4. The minimum Gasteiger partial charge on any atom is -0.353 e. The van der Waals surface area contributed by atoms with Crippen molar-refractivity contribution in [3.63, 3.8) is 0 Å². The van der Waals surface area contributed by atoms with Crippen molar-refractivity contribution < 1.29 is 4.79 Å². The van der Waals surface area contributed by atoms with E-state index >= 15 is 0 Å². The van der Waals surface area contributed by atoms with Gasteiger partial charge in [0.1, 0.15) is 12.4 Å². The molecule has 0 aliphatic heterocycles. The number of aryl methyl sites for hydroxylation is 1. The Bertz CT molecular complexity index is 595. The Morgan fingerprint density at radius 1 is 1.42 bits per heavy atom. The van der Waals surface area contributed by atoms with Crippen LogP contribution >= 0.6 is 0 Å². The lowest BCUT2D eigenvalue weighted by Gasteiger charge is -2.19. The van der Waals surface area contributed by atoms with Crippen LogP contribution in [-0.4, -0.2) is 27.5 Å². The zero-order valence-corrected chi connectivity index (χ0v) is 11.6. The van der Waals surface area contributed by atoms with Gasteiger partial charge in [0.25, 0.3) is 0 Å². The van der Waals surface area contributed by atoms with Gasteiger partial charge in [-0.2, -0.15) is 0 Å². The van der Waals surface area contributed by atoms with E-state index in [9.17, 15) is 4.79 Å². The largest absolute Gasteiger partial charge is 0.353 e. The van der Waals surface area contributed by atoms with Gasteiger partial charge < -0.3 is 15.6 Å². The fourth-order valence-electron chi connectivity index (χ4n) is 1.92. The van der Waals surface area contributed by atoms with Crippen molar-refractivity contribution in [2.24, 2.45) is 5.73 Å². The van der Waals surface area contributed by atoms with E-state index in [2.05, 4.69) is 10.3 Å². The van der Waals surface area contributed by atoms with E-state index in [0.717, 1.165) is 16.9 Å². The molecular formula is C14H20N4O. The van der Waals surface area contributed by atoms with E-state index in [4.69, 9.17) is 5.73 Å². The molecule has 0 fully saturated rings. The molecule has 0 unspecified atom stereocenters. The second kappa shape index (κ2) is 5.01. The summed E-state index contributed by atoms with van der Waals surface area (Å²) >= 11 is 0. The van der Waals surface area contributed by atoms with Gasteiger partial charge in [0.15, 0.2) is 0 Å². The molecule has 0 aliphatic carbocycles. The normalized spacial score (nSPS) is 11.8. The number of aromatic nitrogens is 2. The highest BCUT2D eigenvalue weighted by Gasteiger charge is 2.14. The van der Waals surface area contributed by atoms with Crippen LogP contribution in [0.3, 0.4) is 0 Å². The highest BCUT2D eigenvalue weighted by molar-refractivity contribution is 5.81. The van der Waals surface area contributed by atoms with E-state index in [0.29, 0.717) is 6.54 Å². The lowest BCUT2D eigenvalue weighted by atomic mass is 10.1. The van der Waals surface area contributed by atoms with Crippen molar-refractivity contribution in [2.75, 3.05) is 6.54 Å². The van der Waals surface area contributed by atoms with Gasteiger partial charge in [-0.15, -0.1) is 0 Å². The van der Waals surface area contributed by atoms with Crippen LogP contribution in [0.5, 0.6) is 0 Å². The Hall–Kier alpha value is -1.88. The third-order valence-electron chi connectivity index (χ3n) is 2.89. The summed E-state index contributed by atoms with van der Waals surface area (Å²) in [5.74, 6) is 0.785. The number of nitrogens with zero attached hydrogens (tertiary/aromatic N) is 2. The lowest BCUT2D eigenvalue weighted by Crippen LogP contribution is -2.45. The third kappa shape index (κ3) is 3.32. The zero-order chi connectivity index (χ0) is 14.0. The van der Waals surface area contributed by atoms with Gasteiger partial charge >= 0.3 is 0 Å². The molecule has 0 aliphatic rings. The summed E-state index contributed by atoms with van der Waals surface area (Å²) in [6, 6.07) is 7.80. The van der Waals surface area contributed by atoms with Gasteiger partial charge in [-0.3, -0.25) is 4.79 Å². The van der Waals surface area contributed by atoms with Crippen molar-refractivity contribution >= 4 is 16.9 Å². The number of nitrogens with two attached hydrogens (primary N) is 1. The first kappa shape index (κ1) is 13.5. The van der Waals surface area contributed by atoms with E-state index < -0.39 is 5.54 Å². The van der Waals surface area contributed by atoms with Crippen LogP contribution in [0.2, 0.25) is 0 Å². The Morgan fingerprint density at radius 3 is 2.79 bits per heavy atom. The van der Waals surface area contributed by atoms with E-state index in [1.807, 2.05) is 49.6 Å². The SMILES string of the molecule is Cc1nc2ccccc2n1CC(=O)NCC(C)(C)N. The summed E-state index contributed by atoms with van der Waals surface area (Å²) in [6.07, 6.45) is 0. The average molecular weight is 260 g/mol. The highest BCUT2D eigenvalue weighted by atomic mass is 16.1. The number of hydrogen-bond acceptors (Lipinski definition) is 3.